The number of ether oxygens (including phenoxy) is 6. The molecule has 0 aliphatic carbocycles. The van der Waals surface area contributed by atoms with Gasteiger partial charge in [-0.1, -0.05) is 4.98 Å². The number of aliphatic hydroxyl groups is 4. The van der Waals surface area contributed by atoms with Gasteiger partial charge in [-0.3, -0.25) is 65.0 Å². The number of aliphatic hydroxyl groups excluding tert-OH is 4. The molecule has 6 aliphatic rings. The molecule has 18 N–H and O–H groups in total. The fraction of sp³-hybridized carbons (Fsp3) is 0.535. The Balaban J connectivity index is 0.674. The van der Waals surface area contributed by atoms with Crippen LogP contribution in [0.3, 0.4) is 0 Å². The fourth-order valence-electron chi connectivity index (χ4n) is 12.0. The minimum atomic E-state index is -6.38. The zero-order valence-electron chi connectivity index (χ0n) is 49.2. The van der Waals surface area contributed by atoms with Crippen LogP contribution in [0.15, 0.2) is 47.6 Å². The van der Waals surface area contributed by atoms with Crippen LogP contribution in [-0.4, -0.2) is 225 Å². The highest BCUT2D eigenvalue weighted by Gasteiger charge is 2.68. The lowest BCUT2D eigenvalue weighted by Gasteiger charge is -2.33. The number of nitrogen functional groups attached to an aromatic ring is 4. The monoisotopic (exact) mass is 1480 g/mol. The minimum absolute atomic E-state index is 0.000920. The first kappa shape index (κ1) is 68.4. The van der Waals surface area contributed by atoms with Crippen LogP contribution in [0.25, 0.3) is 44.7 Å². The number of hydrogen-bond acceptors (Lipinski definition) is 39. The Hall–Kier alpha value is -6.77. The second kappa shape index (κ2) is 24.5. The molecule has 6 fully saturated rings. The van der Waals surface area contributed by atoms with E-state index in [2.05, 4.69) is 68.0 Å². The summed E-state index contributed by atoms with van der Waals surface area (Å²) in [4.78, 5) is 124. The maximum absolute atomic E-state index is 14.6. The van der Waals surface area contributed by atoms with Crippen molar-refractivity contribution >= 4 is 107 Å². The lowest BCUT2D eigenvalue weighted by molar-refractivity contribution is -0.745. The average molecular weight is 1480 g/mol. The Morgan fingerprint density at radius 1 is 0.602 bits per heavy atom. The van der Waals surface area contributed by atoms with Crippen molar-refractivity contribution in [3.8, 4) is 0 Å². The second-order valence-corrected chi connectivity index (χ2v) is 30.1. The van der Waals surface area contributed by atoms with Gasteiger partial charge in [0.15, 0.2) is 59.1 Å². The van der Waals surface area contributed by atoms with Crippen LogP contribution in [0.5, 0.6) is 0 Å². The van der Waals surface area contributed by atoms with Crippen molar-refractivity contribution in [1.82, 2.24) is 73.1 Å². The minimum Gasteiger partial charge on any atom is -0.756 e. The van der Waals surface area contributed by atoms with E-state index in [1.807, 2.05) is 0 Å². The molecule has 98 heavy (non-hydrogen) atoms. The molecule has 4 bridgehead atoms. The first-order valence-electron chi connectivity index (χ1n) is 28.1. The van der Waals surface area contributed by atoms with Crippen molar-refractivity contribution in [1.29, 1.82) is 0 Å². The molecule has 0 amide bonds. The number of anilines is 4. The highest BCUT2D eigenvalue weighted by molar-refractivity contribution is 7.66. The summed E-state index contributed by atoms with van der Waals surface area (Å²) in [7, 11) is -28.5. The molecule has 530 valence electrons. The molecule has 0 aromatic carbocycles. The average Bonchev–Trinajstić information content (AvgIpc) is 1.56. The largest absolute Gasteiger partial charge is 0.756 e. The predicted octanol–water partition coefficient (Wildman–Crippen LogP) is -6.00. The summed E-state index contributed by atoms with van der Waals surface area (Å²) in [6, 6.07) is 0. The van der Waals surface area contributed by atoms with Gasteiger partial charge in [-0.15, -0.1) is 0 Å². The molecule has 8 aromatic rings. The third-order valence-electron chi connectivity index (χ3n) is 16.4. The number of imidazole rings is 4. The van der Waals surface area contributed by atoms with Crippen molar-refractivity contribution in [2.75, 3.05) is 62.6 Å². The van der Waals surface area contributed by atoms with Gasteiger partial charge >= 0.3 is 36.9 Å². The van der Waals surface area contributed by atoms with Gasteiger partial charge in [0.1, 0.15) is 95.9 Å². The second-order valence-electron chi connectivity index (χ2n) is 22.7. The Labute approximate surface area is 540 Å². The van der Waals surface area contributed by atoms with E-state index >= 15 is 0 Å². The van der Waals surface area contributed by atoms with Crippen LogP contribution in [0.2, 0.25) is 0 Å². The van der Waals surface area contributed by atoms with Crippen molar-refractivity contribution < 1.29 is 136 Å². The first-order chi connectivity index (χ1) is 46.1. The lowest BCUT2D eigenvalue weighted by atomic mass is 10.0. The number of fused-ring (bicyclic) bond motifs is 8. The molecule has 50 nitrogen and oxygen atoms in total. The lowest BCUT2D eigenvalue weighted by Crippen LogP contribution is -2.47. The molecule has 8 aromatic heterocycles. The Morgan fingerprint density at radius 3 is 1.69 bits per heavy atom. The van der Waals surface area contributed by atoms with E-state index in [1.54, 1.807) is 0 Å². The summed E-state index contributed by atoms with van der Waals surface area (Å²) in [5, 5.41) is 43.7. The highest BCUT2D eigenvalue weighted by atomic mass is 31.3. The summed E-state index contributed by atoms with van der Waals surface area (Å²) in [5.41, 5.74) is 16.9. The third-order valence-corrected chi connectivity index (χ3v) is 22.5. The quantitative estimate of drug-likeness (QED) is 0.0198. The van der Waals surface area contributed by atoms with E-state index < -0.39 is 187 Å². The fourth-order valence-corrected chi connectivity index (χ4v) is 17.6. The van der Waals surface area contributed by atoms with Crippen LogP contribution in [0.1, 0.15) is 24.9 Å². The van der Waals surface area contributed by atoms with Crippen LogP contribution in [-0.2, 0) is 94.1 Å². The van der Waals surface area contributed by atoms with E-state index in [0.29, 0.717) is 0 Å². The van der Waals surface area contributed by atoms with Crippen molar-refractivity contribution in [3.63, 3.8) is 0 Å². The van der Waals surface area contributed by atoms with Crippen LogP contribution in [0, 0.1) is 0 Å². The smallest absolute Gasteiger partial charge is 0.487 e. The molecule has 21 atom stereocenters. The van der Waals surface area contributed by atoms with E-state index in [-0.39, 0.29) is 68.2 Å². The number of nitrogens with two attached hydrogens (primary N) is 4. The number of phosphoric ester groups is 4. The summed E-state index contributed by atoms with van der Waals surface area (Å²) in [6.07, 6.45) is -17.1. The number of hydrogen-bond donors (Lipinski definition) is 14. The number of aromatic amines is 2. The first-order valence-corrected chi connectivity index (χ1v) is 35.6. The van der Waals surface area contributed by atoms with E-state index in [9.17, 15) is 77.3 Å². The molecule has 0 saturated carbocycles. The van der Waals surface area contributed by atoms with Gasteiger partial charge in [0, 0.05) is 0 Å². The molecular weight excluding hydrogens is 1430 g/mol. The summed E-state index contributed by atoms with van der Waals surface area (Å²) < 4.78 is 151. The van der Waals surface area contributed by atoms with E-state index in [1.165, 1.54) is 33.4 Å². The maximum Gasteiger partial charge on any atom is 0.487 e. The molecule has 14 rings (SSSR count). The Bertz CT molecular complexity index is 4870. The third kappa shape index (κ3) is 12.2. The zero-order chi connectivity index (χ0) is 69.7. The zero-order valence-corrected chi connectivity index (χ0v) is 53.6. The number of nitrogens with zero attached hydrogens (tertiary/aromatic N) is 14. The molecule has 55 heteroatoms. The molecule has 9 unspecified atom stereocenters. The number of phosphoric acid groups is 5. The van der Waals surface area contributed by atoms with Crippen LogP contribution < -0.4 is 43.5 Å². The molecule has 6 aliphatic heterocycles. The van der Waals surface area contributed by atoms with Gasteiger partial charge in [0.05, 0.1) is 65.7 Å². The number of aryl methyl sites for hydroxylation is 1. The highest BCUT2D eigenvalue weighted by Crippen LogP contribution is 2.68. The van der Waals surface area contributed by atoms with Crippen LogP contribution >= 0.6 is 39.1 Å². The molecular formula is C43H53N20O30P5. The van der Waals surface area contributed by atoms with Crippen molar-refractivity contribution in [2.45, 2.75) is 97.2 Å². The Morgan fingerprint density at radius 2 is 1.10 bits per heavy atom. The standard InChI is InChI=1S/C43H53N20O30P5/c1-59-13-63(33-19(59)35(69)58-41(47)56-33)37-23(67)21(65)15(87-37)3-83-96(74,75)92-98(78,79)93-97(76,77)85-7-43-5-81-25(39(89-43)61-11-53-17-29(45)49-9-51-31(17)61)27(43)91-95(72,73)84-6-42-4-80-24(38(88-42)60-10-52-16-28(44)48-8-50-30(16)60)26(42)90-94(70,71)82-2-14-20(64)22(66)36(86-14)62-12-54-18-32(62)55-40(46)57-34(18)68/h8-15,20-27,36-39,64-67H,2-7H2,1H3,(H14-,44,45,46,47,48,49,50,51,55,56,57,58,68,69,70,71,72,73,74,75,76,77,78,79)/t14-,15-,20+,21+,22?,23?,24?,25?,26-,27-,36-,37-,38-,39-,42-,43-/m1/s1. The summed E-state index contributed by atoms with van der Waals surface area (Å²) in [6.45, 7) is -6.20. The summed E-state index contributed by atoms with van der Waals surface area (Å²) >= 11 is 0. The van der Waals surface area contributed by atoms with Gasteiger partial charge in [0.2, 0.25) is 17.7 Å². The molecule has 14 heterocycles. The SMILES string of the molecule is Cn1c[n+]([C@@H]2O[C@H](COP(=O)([O-])OP(=O)(O)OP(=O)(O)OC[C@@]34COC([C@H](n5cnc6c(N)ncnc65)O3)[C@H]4OP(=O)(O)OC[C@@]34COC([C@H](n5cnc6c(N)ncnc65)O3)[C@H]4OP(=O)(O)OC[C@H]3O[C@@H](n4cnc5c(=O)[nH]c(N)nc54)C(O)[C@H]3O)[C@H](O)C2O)c2nc(N)[nH]c(=O)c21. The molecule has 6 saturated heterocycles. The van der Waals surface area contributed by atoms with Gasteiger partial charge < -0.3 is 101 Å². The van der Waals surface area contributed by atoms with Gasteiger partial charge in [-0.05, 0) is 0 Å². The Kier molecular flexibility index (Phi) is 17.1. The summed E-state index contributed by atoms with van der Waals surface area (Å²) in [5.74, 6) is -0.879. The number of nitrogens with one attached hydrogen (secondary N) is 2. The topological polar surface area (TPSA) is 709 Å². The van der Waals surface area contributed by atoms with E-state index in [4.69, 9.17) is 74.0 Å². The molecule has 0 spiro atoms. The maximum atomic E-state index is 14.6. The normalized spacial score (nSPS) is 33.1. The predicted molar refractivity (Wildman–Crippen MR) is 308 cm³/mol. The van der Waals surface area contributed by atoms with Gasteiger partial charge in [-0.25, -0.2) is 62.0 Å². The molecule has 0 radical (unpaired) electrons. The number of H-pyrrole nitrogens is 2. The van der Waals surface area contributed by atoms with Crippen molar-refractivity contribution in [2.24, 2.45) is 7.05 Å². The number of rotatable bonds is 24. The van der Waals surface area contributed by atoms with E-state index in [0.717, 1.165) is 34.4 Å². The van der Waals surface area contributed by atoms with Crippen molar-refractivity contribution in [3.05, 3.63) is 58.7 Å². The van der Waals surface area contributed by atoms with Gasteiger partial charge in [-0.2, -0.15) is 9.29 Å². The van der Waals surface area contributed by atoms with Gasteiger partial charge in [0.25, 0.3) is 24.9 Å². The number of aromatic nitrogens is 16. The van der Waals surface area contributed by atoms with Crippen LogP contribution in [0.4, 0.5) is 23.5 Å².